The van der Waals surface area contributed by atoms with Crippen molar-refractivity contribution in [1.82, 2.24) is 0 Å². The largest absolute Gasteiger partial charge is 0.376 e. The highest BCUT2D eigenvalue weighted by Gasteiger charge is 2.31. The van der Waals surface area contributed by atoms with E-state index in [9.17, 15) is 0 Å². The zero-order valence-electron chi connectivity index (χ0n) is 8.69. The second-order valence-electron chi connectivity index (χ2n) is 4.10. The molecule has 0 aromatic carbocycles. The Hall–Kier alpha value is -0.380. The maximum Gasteiger partial charge on any atom is 0.0801 e. The van der Waals surface area contributed by atoms with E-state index in [-0.39, 0.29) is 12.1 Å². The lowest BCUT2D eigenvalue weighted by molar-refractivity contribution is 0.0732. The van der Waals surface area contributed by atoms with Gasteiger partial charge in [-0.2, -0.15) is 0 Å². The smallest absolute Gasteiger partial charge is 0.0801 e. The molecule has 2 heterocycles. The van der Waals surface area contributed by atoms with Gasteiger partial charge in [-0.15, -0.1) is 11.3 Å². The van der Waals surface area contributed by atoms with Crippen molar-refractivity contribution in [3.8, 4) is 0 Å². The van der Waals surface area contributed by atoms with E-state index in [4.69, 9.17) is 10.5 Å². The maximum absolute atomic E-state index is 6.22. The zero-order chi connectivity index (χ0) is 10.1. The molecule has 1 aliphatic heterocycles. The summed E-state index contributed by atoms with van der Waals surface area (Å²) in [6.45, 7) is 5.20. The number of nitrogens with two attached hydrogens (primary N) is 1. The Morgan fingerprint density at radius 1 is 1.64 bits per heavy atom. The molecule has 1 fully saturated rings. The van der Waals surface area contributed by atoms with Gasteiger partial charge in [-0.3, -0.25) is 0 Å². The van der Waals surface area contributed by atoms with Crippen LogP contribution in [0.3, 0.4) is 0 Å². The molecule has 14 heavy (non-hydrogen) atoms. The molecule has 2 rings (SSSR count). The van der Waals surface area contributed by atoms with Crippen LogP contribution < -0.4 is 5.73 Å². The molecule has 2 nitrogen and oxygen atoms in total. The minimum Gasteiger partial charge on any atom is -0.376 e. The predicted molar refractivity (Wildman–Crippen MR) is 59.5 cm³/mol. The average Bonchev–Trinajstić information content (AvgIpc) is 2.73. The molecule has 0 amide bonds. The lowest BCUT2D eigenvalue weighted by Crippen LogP contribution is -2.29. The Balaban J connectivity index is 2.15. The molecule has 3 unspecified atom stereocenters. The fraction of sp³-hybridized carbons (Fsp3) is 0.636. The molecule has 3 atom stereocenters. The highest BCUT2D eigenvalue weighted by Crippen LogP contribution is 2.33. The van der Waals surface area contributed by atoms with Crippen LogP contribution in [0.15, 0.2) is 11.4 Å². The fourth-order valence-electron chi connectivity index (χ4n) is 2.05. The molecule has 0 radical (unpaired) electrons. The Morgan fingerprint density at radius 3 is 2.93 bits per heavy atom. The van der Waals surface area contributed by atoms with Crippen LogP contribution in [0.5, 0.6) is 0 Å². The highest BCUT2D eigenvalue weighted by atomic mass is 32.1. The number of hydrogen-bond acceptors (Lipinski definition) is 3. The molecular weight excluding hydrogens is 194 g/mol. The molecule has 78 valence electrons. The third-order valence-electron chi connectivity index (χ3n) is 3.00. The minimum atomic E-state index is 0.0625. The van der Waals surface area contributed by atoms with Crippen molar-refractivity contribution in [1.29, 1.82) is 0 Å². The van der Waals surface area contributed by atoms with Crippen molar-refractivity contribution in [2.75, 3.05) is 6.61 Å². The molecule has 1 aliphatic rings. The summed E-state index contributed by atoms with van der Waals surface area (Å²) in [5.74, 6) is 0.589. The van der Waals surface area contributed by atoms with E-state index in [0.29, 0.717) is 5.92 Å². The van der Waals surface area contributed by atoms with E-state index in [1.54, 1.807) is 11.3 Å². The van der Waals surface area contributed by atoms with Gasteiger partial charge >= 0.3 is 0 Å². The van der Waals surface area contributed by atoms with Gasteiger partial charge in [-0.25, -0.2) is 0 Å². The minimum absolute atomic E-state index is 0.0625. The van der Waals surface area contributed by atoms with Crippen LogP contribution in [0, 0.1) is 12.8 Å². The molecule has 1 aromatic rings. The Kier molecular flexibility index (Phi) is 2.91. The zero-order valence-corrected chi connectivity index (χ0v) is 9.51. The first kappa shape index (κ1) is 10.1. The van der Waals surface area contributed by atoms with Crippen LogP contribution in [0.1, 0.15) is 29.8 Å². The summed E-state index contributed by atoms with van der Waals surface area (Å²) in [6.07, 6.45) is 1.36. The van der Waals surface area contributed by atoms with Crippen molar-refractivity contribution >= 4 is 11.3 Å². The highest BCUT2D eigenvalue weighted by molar-refractivity contribution is 7.10. The second kappa shape index (κ2) is 4.01. The van der Waals surface area contributed by atoms with Gasteiger partial charge in [0.05, 0.1) is 12.1 Å². The van der Waals surface area contributed by atoms with Gasteiger partial charge in [-0.05, 0) is 36.3 Å². The maximum atomic E-state index is 6.22. The Labute approximate surface area is 89.1 Å². The normalized spacial score (nSPS) is 29.4. The molecule has 3 heteroatoms. The lowest BCUT2D eigenvalue weighted by atomic mass is 9.96. The quantitative estimate of drug-likeness (QED) is 0.815. The van der Waals surface area contributed by atoms with E-state index in [1.807, 2.05) is 0 Å². The molecule has 0 bridgehead atoms. The van der Waals surface area contributed by atoms with E-state index in [1.165, 1.54) is 10.4 Å². The first-order valence-corrected chi connectivity index (χ1v) is 5.99. The summed E-state index contributed by atoms with van der Waals surface area (Å²) in [5, 5.41) is 2.10. The van der Waals surface area contributed by atoms with Crippen LogP contribution in [0.4, 0.5) is 0 Å². The van der Waals surface area contributed by atoms with Gasteiger partial charge in [0.1, 0.15) is 0 Å². The first-order valence-electron chi connectivity index (χ1n) is 5.11. The van der Waals surface area contributed by atoms with Crippen molar-refractivity contribution in [3.05, 3.63) is 21.9 Å². The predicted octanol–water partition coefficient (Wildman–Crippen LogP) is 2.48. The number of thiophene rings is 1. The molecule has 1 saturated heterocycles. The summed E-state index contributed by atoms with van der Waals surface area (Å²) in [6, 6.07) is 2.19. The molecule has 0 spiro atoms. The fourth-order valence-corrected chi connectivity index (χ4v) is 3.02. The molecular formula is C11H17NOS. The Bertz CT molecular complexity index is 310. The number of hydrogen-bond donors (Lipinski definition) is 1. The summed E-state index contributed by atoms with van der Waals surface area (Å²) in [7, 11) is 0. The van der Waals surface area contributed by atoms with Crippen LogP contribution in [0.2, 0.25) is 0 Å². The monoisotopic (exact) mass is 211 g/mol. The average molecular weight is 211 g/mol. The summed E-state index contributed by atoms with van der Waals surface area (Å²) >= 11 is 1.74. The summed E-state index contributed by atoms with van der Waals surface area (Å²) in [4.78, 5) is 1.28. The SMILES string of the molecule is Cc1ccsc1C(N)C1OCCC1C. The van der Waals surface area contributed by atoms with Crippen LogP contribution in [-0.4, -0.2) is 12.7 Å². The number of rotatable bonds is 2. The van der Waals surface area contributed by atoms with Gasteiger partial charge in [-0.1, -0.05) is 6.92 Å². The van der Waals surface area contributed by atoms with Crippen molar-refractivity contribution in [2.45, 2.75) is 32.4 Å². The molecule has 2 N–H and O–H groups in total. The lowest BCUT2D eigenvalue weighted by Gasteiger charge is -2.22. The van der Waals surface area contributed by atoms with Crippen molar-refractivity contribution in [3.63, 3.8) is 0 Å². The van der Waals surface area contributed by atoms with Crippen molar-refractivity contribution < 1.29 is 4.74 Å². The van der Waals surface area contributed by atoms with Crippen molar-refractivity contribution in [2.24, 2.45) is 11.7 Å². The van der Waals surface area contributed by atoms with Gasteiger partial charge in [0.25, 0.3) is 0 Å². The van der Waals surface area contributed by atoms with Gasteiger partial charge in [0.2, 0.25) is 0 Å². The van der Waals surface area contributed by atoms with Gasteiger partial charge in [0.15, 0.2) is 0 Å². The van der Waals surface area contributed by atoms with Crippen LogP contribution in [-0.2, 0) is 4.74 Å². The van der Waals surface area contributed by atoms with Crippen LogP contribution in [0.25, 0.3) is 0 Å². The third-order valence-corrected chi connectivity index (χ3v) is 4.12. The number of ether oxygens (including phenoxy) is 1. The van der Waals surface area contributed by atoms with E-state index >= 15 is 0 Å². The topological polar surface area (TPSA) is 35.2 Å². The van der Waals surface area contributed by atoms with E-state index in [0.717, 1.165) is 13.0 Å². The molecule has 1 aromatic heterocycles. The Morgan fingerprint density at radius 2 is 2.43 bits per heavy atom. The van der Waals surface area contributed by atoms with Gasteiger partial charge < -0.3 is 10.5 Å². The first-order chi connectivity index (χ1) is 6.70. The van der Waals surface area contributed by atoms with E-state index < -0.39 is 0 Å². The van der Waals surface area contributed by atoms with E-state index in [2.05, 4.69) is 25.3 Å². The third kappa shape index (κ3) is 1.72. The summed E-state index contributed by atoms with van der Waals surface area (Å²) < 4.78 is 5.69. The van der Waals surface area contributed by atoms with Gasteiger partial charge in [0, 0.05) is 11.5 Å². The summed E-state index contributed by atoms with van der Waals surface area (Å²) in [5.41, 5.74) is 7.52. The second-order valence-corrected chi connectivity index (χ2v) is 5.04. The van der Waals surface area contributed by atoms with Crippen LogP contribution >= 0.6 is 11.3 Å². The molecule has 0 aliphatic carbocycles. The number of aryl methyl sites for hydroxylation is 1. The standard InChI is InChI=1S/C11H17NOS/c1-7-3-5-13-10(7)9(12)11-8(2)4-6-14-11/h4,6-7,9-10H,3,5,12H2,1-2H3. The molecule has 0 saturated carbocycles.